The molecule has 5 heteroatoms. The van der Waals surface area contributed by atoms with Crippen LogP contribution < -0.4 is 5.73 Å². The maximum absolute atomic E-state index is 6.05. The smallest absolute Gasteiger partial charge is 0.0948 e. The summed E-state index contributed by atoms with van der Waals surface area (Å²) < 4.78 is 8.16. The summed E-state index contributed by atoms with van der Waals surface area (Å²) in [4.78, 5) is 6.80. The van der Waals surface area contributed by atoms with Gasteiger partial charge in [0.05, 0.1) is 30.3 Å². The highest BCUT2D eigenvalue weighted by atomic mass is 16.5. The van der Waals surface area contributed by atoms with Crippen molar-refractivity contribution in [3.05, 3.63) is 18.2 Å². The predicted molar refractivity (Wildman–Crippen MR) is 73.8 cm³/mol. The summed E-state index contributed by atoms with van der Waals surface area (Å²) in [5, 5.41) is 0. The maximum atomic E-state index is 6.05. The fourth-order valence-electron chi connectivity index (χ4n) is 3.39. The van der Waals surface area contributed by atoms with Crippen LogP contribution in [0.5, 0.6) is 0 Å². The fraction of sp³-hybridized carbons (Fsp3) is 0.786. The molecule has 0 aliphatic carbocycles. The van der Waals surface area contributed by atoms with Gasteiger partial charge in [-0.25, -0.2) is 4.98 Å². The molecular formula is C14H24N4O. The topological polar surface area (TPSA) is 56.3 Å². The number of aromatic nitrogens is 2. The molecule has 1 aromatic rings. The van der Waals surface area contributed by atoms with Crippen molar-refractivity contribution in [3.8, 4) is 0 Å². The van der Waals surface area contributed by atoms with E-state index in [0.717, 1.165) is 26.1 Å². The van der Waals surface area contributed by atoms with Crippen LogP contribution in [-0.2, 0) is 11.3 Å². The molecule has 19 heavy (non-hydrogen) atoms. The Morgan fingerprint density at radius 2 is 2.16 bits per heavy atom. The number of hydrogen-bond donors (Lipinski definition) is 1. The molecule has 0 aromatic carbocycles. The van der Waals surface area contributed by atoms with Gasteiger partial charge in [-0.3, -0.25) is 4.90 Å². The molecule has 0 spiro atoms. The molecule has 2 saturated heterocycles. The van der Waals surface area contributed by atoms with Crippen LogP contribution in [-0.4, -0.2) is 46.3 Å². The van der Waals surface area contributed by atoms with E-state index in [1.54, 1.807) is 0 Å². The Morgan fingerprint density at radius 1 is 1.42 bits per heavy atom. The molecule has 3 rings (SSSR count). The maximum Gasteiger partial charge on any atom is 0.0948 e. The van der Waals surface area contributed by atoms with Crippen molar-refractivity contribution < 1.29 is 4.74 Å². The molecule has 2 bridgehead atoms. The van der Waals surface area contributed by atoms with Gasteiger partial charge in [0.1, 0.15) is 0 Å². The van der Waals surface area contributed by atoms with E-state index in [0.29, 0.717) is 18.8 Å². The lowest BCUT2D eigenvalue weighted by Gasteiger charge is -2.37. The second-order valence-electron chi connectivity index (χ2n) is 5.67. The van der Waals surface area contributed by atoms with Crippen molar-refractivity contribution >= 4 is 0 Å². The van der Waals surface area contributed by atoms with Crippen LogP contribution in [0.2, 0.25) is 0 Å². The SMILES string of the molecule is CCCn1cncc1C(CN)N1CC2CCC(C1)O2. The average Bonchev–Trinajstić information content (AvgIpc) is 2.99. The first kappa shape index (κ1) is 13.1. The lowest BCUT2D eigenvalue weighted by Crippen LogP contribution is -2.46. The minimum absolute atomic E-state index is 0.279. The Balaban J connectivity index is 1.78. The third kappa shape index (κ3) is 2.55. The van der Waals surface area contributed by atoms with Gasteiger partial charge in [-0.05, 0) is 19.3 Å². The number of aryl methyl sites for hydroxylation is 1. The summed E-state index contributed by atoms with van der Waals surface area (Å²) in [5.41, 5.74) is 7.30. The molecule has 0 amide bonds. The van der Waals surface area contributed by atoms with Crippen LogP contribution >= 0.6 is 0 Å². The minimum Gasteiger partial charge on any atom is -0.372 e. The van der Waals surface area contributed by atoms with Gasteiger partial charge in [0.15, 0.2) is 0 Å². The molecule has 3 atom stereocenters. The average molecular weight is 264 g/mol. The van der Waals surface area contributed by atoms with Crippen molar-refractivity contribution in [2.75, 3.05) is 19.6 Å². The number of hydrogen-bond acceptors (Lipinski definition) is 4. The van der Waals surface area contributed by atoms with Crippen LogP contribution in [0.4, 0.5) is 0 Å². The first-order valence-corrected chi connectivity index (χ1v) is 7.41. The predicted octanol–water partition coefficient (Wildman–Crippen LogP) is 1.16. The number of fused-ring (bicyclic) bond motifs is 2. The Bertz CT molecular complexity index is 407. The van der Waals surface area contributed by atoms with Gasteiger partial charge in [-0.2, -0.15) is 0 Å². The molecule has 5 nitrogen and oxygen atoms in total. The van der Waals surface area contributed by atoms with Gasteiger partial charge < -0.3 is 15.0 Å². The van der Waals surface area contributed by atoms with Crippen molar-refractivity contribution in [1.29, 1.82) is 0 Å². The quantitative estimate of drug-likeness (QED) is 0.867. The lowest BCUT2D eigenvalue weighted by molar-refractivity contribution is -0.0530. The van der Waals surface area contributed by atoms with E-state index in [-0.39, 0.29) is 6.04 Å². The van der Waals surface area contributed by atoms with E-state index >= 15 is 0 Å². The first-order chi connectivity index (χ1) is 9.31. The lowest BCUT2D eigenvalue weighted by atomic mass is 10.1. The molecule has 0 radical (unpaired) electrons. The molecule has 2 N–H and O–H groups in total. The zero-order valence-electron chi connectivity index (χ0n) is 11.7. The van der Waals surface area contributed by atoms with E-state index in [1.165, 1.54) is 18.5 Å². The Hall–Kier alpha value is -0.910. The number of ether oxygens (including phenoxy) is 1. The summed E-state index contributed by atoms with van der Waals surface area (Å²) in [7, 11) is 0. The summed E-state index contributed by atoms with van der Waals surface area (Å²) >= 11 is 0. The fourth-order valence-corrected chi connectivity index (χ4v) is 3.39. The van der Waals surface area contributed by atoms with E-state index in [4.69, 9.17) is 10.5 Å². The van der Waals surface area contributed by atoms with Gasteiger partial charge in [0.2, 0.25) is 0 Å². The highest BCUT2D eigenvalue weighted by Crippen LogP contribution is 2.31. The van der Waals surface area contributed by atoms with Crippen LogP contribution in [0.3, 0.4) is 0 Å². The van der Waals surface area contributed by atoms with E-state index in [9.17, 15) is 0 Å². The first-order valence-electron chi connectivity index (χ1n) is 7.41. The number of imidazole rings is 1. The highest BCUT2D eigenvalue weighted by Gasteiger charge is 2.37. The number of nitrogens with two attached hydrogens (primary N) is 1. The van der Waals surface area contributed by atoms with E-state index in [1.807, 2.05) is 12.5 Å². The van der Waals surface area contributed by atoms with Crippen molar-refractivity contribution in [2.24, 2.45) is 5.73 Å². The Morgan fingerprint density at radius 3 is 2.79 bits per heavy atom. The molecule has 0 saturated carbocycles. The van der Waals surface area contributed by atoms with Gasteiger partial charge in [0, 0.05) is 32.4 Å². The summed E-state index contributed by atoms with van der Waals surface area (Å²) in [6.07, 6.45) is 8.25. The van der Waals surface area contributed by atoms with Gasteiger partial charge in [-0.15, -0.1) is 0 Å². The van der Waals surface area contributed by atoms with Crippen molar-refractivity contribution in [2.45, 2.75) is 51.0 Å². The molecule has 2 fully saturated rings. The molecule has 2 aliphatic rings. The van der Waals surface area contributed by atoms with Crippen molar-refractivity contribution in [3.63, 3.8) is 0 Å². The standard InChI is InChI=1S/C14H24N4O/c1-2-5-17-10-16-7-14(17)13(6-15)18-8-11-3-4-12(9-18)19-11/h7,10-13H,2-6,8-9,15H2,1H3. The highest BCUT2D eigenvalue weighted by molar-refractivity contribution is 5.08. The van der Waals surface area contributed by atoms with Crippen LogP contribution in [0.1, 0.15) is 37.9 Å². The van der Waals surface area contributed by atoms with Gasteiger partial charge >= 0.3 is 0 Å². The molecule has 2 aliphatic heterocycles. The third-order valence-corrected chi connectivity index (χ3v) is 4.29. The second-order valence-corrected chi connectivity index (χ2v) is 5.67. The van der Waals surface area contributed by atoms with Crippen LogP contribution in [0, 0.1) is 0 Å². The largest absolute Gasteiger partial charge is 0.372 e. The second kappa shape index (κ2) is 5.61. The Labute approximate surface area is 114 Å². The zero-order valence-corrected chi connectivity index (χ0v) is 11.7. The van der Waals surface area contributed by atoms with Crippen LogP contribution in [0.15, 0.2) is 12.5 Å². The Kier molecular flexibility index (Phi) is 3.86. The molecular weight excluding hydrogens is 240 g/mol. The summed E-state index contributed by atoms with van der Waals surface area (Å²) in [6, 6.07) is 0.279. The van der Waals surface area contributed by atoms with Crippen molar-refractivity contribution in [1.82, 2.24) is 14.5 Å². The summed E-state index contributed by atoms with van der Waals surface area (Å²) in [6.45, 7) is 5.87. The molecule has 3 unspecified atom stereocenters. The number of morpholine rings is 1. The zero-order chi connectivity index (χ0) is 13.2. The monoisotopic (exact) mass is 264 g/mol. The number of likely N-dealkylation sites (tertiary alicyclic amines) is 1. The van der Waals surface area contributed by atoms with Gasteiger partial charge in [0.25, 0.3) is 0 Å². The normalized spacial score (nSPS) is 28.7. The third-order valence-electron chi connectivity index (χ3n) is 4.29. The summed E-state index contributed by atoms with van der Waals surface area (Å²) in [5.74, 6) is 0. The molecule has 106 valence electrons. The van der Waals surface area contributed by atoms with E-state index in [2.05, 4.69) is 21.4 Å². The van der Waals surface area contributed by atoms with Gasteiger partial charge in [-0.1, -0.05) is 6.92 Å². The van der Waals surface area contributed by atoms with Crippen LogP contribution in [0.25, 0.3) is 0 Å². The number of rotatable bonds is 5. The number of nitrogens with zero attached hydrogens (tertiary/aromatic N) is 3. The molecule has 3 heterocycles. The van der Waals surface area contributed by atoms with E-state index < -0.39 is 0 Å². The minimum atomic E-state index is 0.279. The molecule has 1 aromatic heterocycles.